The molecule has 2 aromatic rings. The molecule has 0 unspecified atom stereocenters. The molecule has 0 fully saturated rings. The largest absolute Gasteiger partial charge is 0.243 e. The highest BCUT2D eigenvalue weighted by molar-refractivity contribution is 5.53. The second kappa shape index (κ2) is 2.94. The van der Waals surface area contributed by atoms with Gasteiger partial charge in [0.15, 0.2) is 6.20 Å². The smallest absolute Gasteiger partial charge is 0.198 e. The van der Waals surface area contributed by atoms with Gasteiger partial charge in [-0.25, -0.2) is 0 Å². The molecule has 0 atom stereocenters. The summed E-state index contributed by atoms with van der Waals surface area (Å²) >= 11 is 0. The SMILES string of the molecule is CC(C)(C)c1cc2n(n1)C[n+]1ccccc1-2. The number of hydrogen-bond donors (Lipinski definition) is 0. The molecule has 3 heterocycles. The molecule has 3 heteroatoms. The maximum absolute atomic E-state index is 4.67. The van der Waals surface area contributed by atoms with Crippen LogP contribution in [0.5, 0.6) is 0 Å². The van der Waals surface area contributed by atoms with Crippen LogP contribution in [0.25, 0.3) is 11.4 Å². The Hall–Kier alpha value is -1.64. The first-order valence-corrected chi connectivity index (χ1v) is 5.63. The highest BCUT2D eigenvalue weighted by Crippen LogP contribution is 2.27. The fourth-order valence-electron chi connectivity index (χ4n) is 2.07. The van der Waals surface area contributed by atoms with Crippen LogP contribution >= 0.6 is 0 Å². The Bertz CT molecular complexity index is 547. The van der Waals surface area contributed by atoms with Gasteiger partial charge in [-0.15, -0.1) is 0 Å². The number of nitrogens with zero attached hydrogens (tertiary/aromatic N) is 3. The monoisotopic (exact) mass is 214 g/mol. The first-order valence-electron chi connectivity index (χ1n) is 5.63. The number of pyridine rings is 1. The van der Waals surface area contributed by atoms with Crippen molar-refractivity contribution in [2.75, 3.05) is 0 Å². The average molecular weight is 214 g/mol. The van der Waals surface area contributed by atoms with Crippen LogP contribution in [-0.4, -0.2) is 9.78 Å². The van der Waals surface area contributed by atoms with Crippen LogP contribution in [0.15, 0.2) is 30.5 Å². The minimum Gasteiger partial charge on any atom is -0.198 e. The molecule has 1 aliphatic rings. The van der Waals surface area contributed by atoms with Crippen molar-refractivity contribution in [2.24, 2.45) is 0 Å². The van der Waals surface area contributed by atoms with E-state index < -0.39 is 0 Å². The van der Waals surface area contributed by atoms with Gasteiger partial charge in [-0.05, 0) is 12.1 Å². The third-order valence-corrected chi connectivity index (χ3v) is 3.04. The summed E-state index contributed by atoms with van der Waals surface area (Å²) in [5, 5.41) is 4.67. The molecule has 0 amide bonds. The van der Waals surface area contributed by atoms with Crippen LogP contribution in [0, 0.1) is 0 Å². The van der Waals surface area contributed by atoms with Gasteiger partial charge in [-0.2, -0.15) is 14.3 Å². The third kappa shape index (κ3) is 1.28. The van der Waals surface area contributed by atoms with Crippen LogP contribution < -0.4 is 4.57 Å². The molecule has 0 saturated carbocycles. The molecular weight excluding hydrogens is 198 g/mol. The number of rotatable bonds is 0. The van der Waals surface area contributed by atoms with E-state index in [-0.39, 0.29) is 5.41 Å². The van der Waals surface area contributed by atoms with Crippen LogP contribution in [0.4, 0.5) is 0 Å². The molecule has 0 aliphatic carbocycles. The molecule has 3 nitrogen and oxygen atoms in total. The Kier molecular flexibility index (Phi) is 1.76. The molecule has 0 radical (unpaired) electrons. The fraction of sp³-hybridized carbons (Fsp3) is 0.385. The molecule has 0 spiro atoms. The van der Waals surface area contributed by atoms with E-state index in [0.29, 0.717) is 0 Å². The predicted molar refractivity (Wildman–Crippen MR) is 62.0 cm³/mol. The molecule has 0 aromatic carbocycles. The molecule has 0 saturated heterocycles. The van der Waals surface area contributed by atoms with E-state index in [1.807, 2.05) is 0 Å². The lowest BCUT2D eigenvalue weighted by Gasteiger charge is -2.14. The lowest BCUT2D eigenvalue weighted by atomic mass is 9.92. The van der Waals surface area contributed by atoms with Crippen LogP contribution in [0.1, 0.15) is 26.5 Å². The summed E-state index contributed by atoms with van der Waals surface area (Å²) in [6.07, 6.45) is 2.10. The van der Waals surface area contributed by atoms with Crippen LogP contribution in [-0.2, 0) is 12.1 Å². The maximum Gasteiger partial charge on any atom is 0.243 e. The van der Waals surface area contributed by atoms with Crippen molar-refractivity contribution in [1.82, 2.24) is 9.78 Å². The number of fused-ring (bicyclic) bond motifs is 3. The van der Waals surface area contributed by atoms with Gasteiger partial charge in [0, 0.05) is 17.5 Å². The summed E-state index contributed by atoms with van der Waals surface area (Å²) in [5.74, 6) is 0. The van der Waals surface area contributed by atoms with Crippen LogP contribution in [0.2, 0.25) is 0 Å². The molecule has 16 heavy (non-hydrogen) atoms. The summed E-state index contributed by atoms with van der Waals surface area (Å²) in [6.45, 7) is 7.43. The van der Waals surface area contributed by atoms with Gasteiger partial charge in [0.1, 0.15) is 5.69 Å². The first-order chi connectivity index (χ1) is 7.55. The fourth-order valence-corrected chi connectivity index (χ4v) is 2.07. The molecule has 3 rings (SSSR count). The average Bonchev–Trinajstić information content (AvgIpc) is 2.72. The second-order valence-corrected chi connectivity index (χ2v) is 5.36. The lowest BCUT2D eigenvalue weighted by molar-refractivity contribution is -0.683. The van der Waals surface area contributed by atoms with Gasteiger partial charge in [0.05, 0.1) is 5.69 Å². The summed E-state index contributed by atoms with van der Waals surface area (Å²) in [5.41, 5.74) is 3.77. The molecule has 82 valence electrons. The standard InChI is InChI=1S/C13H16N3/c1-13(2,3)12-8-11-10-6-4-5-7-15(10)9-16(11)14-12/h4-8H,9H2,1-3H3/q+1. The molecular formula is C13H16N3+. The van der Waals surface area contributed by atoms with Crippen molar-refractivity contribution < 1.29 is 4.57 Å². The van der Waals surface area contributed by atoms with E-state index in [1.165, 1.54) is 11.4 Å². The van der Waals surface area contributed by atoms with Gasteiger partial charge in [0.25, 0.3) is 0 Å². The van der Waals surface area contributed by atoms with Crippen molar-refractivity contribution in [2.45, 2.75) is 32.9 Å². The predicted octanol–water partition coefficient (Wildman–Crippen LogP) is 1.95. The number of aromatic nitrogens is 3. The third-order valence-electron chi connectivity index (χ3n) is 3.04. The van der Waals surface area contributed by atoms with Gasteiger partial charge in [0.2, 0.25) is 12.4 Å². The number of hydrogen-bond acceptors (Lipinski definition) is 1. The highest BCUT2D eigenvalue weighted by atomic mass is 15.4. The molecule has 0 bridgehead atoms. The zero-order valence-corrected chi connectivity index (χ0v) is 9.94. The zero-order valence-electron chi connectivity index (χ0n) is 9.94. The van der Waals surface area contributed by atoms with E-state index in [4.69, 9.17) is 0 Å². The minimum absolute atomic E-state index is 0.122. The van der Waals surface area contributed by atoms with E-state index >= 15 is 0 Å². The Morgan fingerprint density at radius 2 is 2.12 bits per heavy atom. The van der Waals surface area contributed by atoms with E-state index in [9.17, 15) is 0 Å². The summed E-state index contributed by atoms with van der Waals surface area (Å²) in [4.78, 5) is 0. The maximum atomic E-state index is 4.67. The summed E-state index contributed by atoms with van der Waals surface area (Å²) in [6, 6.07) is 8.48. The molecule has 1 aliphatic heterocycles. The quantitative estimate of drug-likeness (QED) is 0.524. The minimum atomic E-state index is 0.122. The van der Waals surface area contributed by atoms with Crippen molar-refractivity contribution in [1.29, 1.82) is 0 Å². The Labute approximate surface area is 95.3 Å². The normalized spacial score (nSPS) is 13.7. The van der Waals surface area contributed by atoms with E-state index in [0.717, 1.165) is 12.4 Å². The van der Waals surface area contributed by atoms with Crippen molar-refractivity contribution in [3.63, 3.8) is 0 Å². The van der Waals surface area contributed by atoms with E-state index in [2.05, 4.69) is 65.6 Å². The van der Waals surface area contributed by atoms with Crippen molar-refractivity contribution >= 4 is 0 Å². The highest BCUT2D eigenvalue weighted by Gasteiger charge is 2.29. The van der Waals surface area contributed by atoms with Gasteiger partial charge in [-0.1, -0.05) is 20.8 Å². The first kappa shape index (κ1) is 9.58. The lowest BCUT2D eigenvalue weighted by Crippen LogP contribution is -2.33. The summed E-state index contributed by atoms with van der Waals surface area (Å²) in [7, 11) is 0. The summed E-state index contributed by atoms with van der Waals surface area (Å²) < 4.78 is 4.30. The van der Waals surface area contributed by atoms with Crippen molar-refractivity contribution in [3.05, 3.63) is 36.2 Å². The molecule has 0 N–H and O–H groups in total. The second-order valence-electron chi connectivity index (χ2n) is 5.36. The van der Waals surface area contributed by atoms with Crippen molar-refractivity contribution in [3.8, 4) is 11.4 Å². The van der Waals surface area contributed by atoms with Gasteiger partial charge in [-0.3, -0.25) is 0 Å². The Morgan fingerprint density at radius 3 is 2.88 bits per heavy atom. The van der Waals surface area contributed by atoms with E-state index in [1.54, 1.807) is 0 Å². The zero-order chi connectivity index (χ0) is 11.3. The molecule has 2 aromatic heterocycles. The Morgan fingerprint density at radius 1 is 1.31 bits per heavy atom. The van der Waals surface area contributed by atoms with Crippen LogP contribution in [0.3, 0.4) is 0 Å². The topological polar surface area (TPSA) is 21.7 Å². The van der Waals surface area contributed by atoms with Gasteiger partial charge >= 0.3 is 0 Å². The Balaban J connectivity index is 2.15. The van der Waals surface area contributed by atoms with Gasteiger partial charge < -0.3 is 0 Å².